The predicted octanol–water partition coefficient (Wildman–Crippen LogP) is 2.62. The van der Waals surface area contributed by atoms with Crippen molar-refractivity contribution in [3.8, 4) is 0 Å². The van der Waals surface area contributed by atoms with Crippen molar-refractivity contribution in [2.45, 2.75) is 51.0 Å². The molecular formula is C19H25N3O3. The van der Waals surface area contributed by atoms with E-state index in [4.69, 9.17) is 0 Å². The van der Waals surface area contributed by atoms with E-state index in [0.29, 0.717) is 18.5 Å². The molecule has 0 atom stereocenters. The third kappa shape index (κ3) is 4.39. The van der Waals surface area contributed by atoms with Crippen molar-refractivity contribution in [1.29, 1.82) is 0 Å². The van der Waals surface area contributed by atoms with Gasteiger partial charge in [-0.15, -0.1) is 0 Å². The number of H-pyrrole nitrogens is 1. The number of hydrogen-bond acceptors (Lipinski definition) is 3. The molecule has 0 radical (unpaired) electrons. The Hall–Kier alpha value is -2.34. The summed E-state index contributed by atoms with van der Waals surface area (Å²) in [5, 5.41) is 16.7. The zero-order valence-corrected chi connectivity index (χ0v) is 14.5. The number of nitrogens with one attached hydrogen (secondary N) is 3. The van der Waals surface area contributed by atoms with Crippen LogP contribution in [0.5, 0.6) is 0 Å². The van der Waals surface area contributed by atoms with E-state index in [1.165, 1.54) is 0 Å². The lowest BCUT2D eigenvalue weighted by Gasteiger charge is -2.26. The molecule has 1 aromatic heterocycles. The summed E-state index contributed by atoms with van der Waals surface area (Å²) in [5.74, 6) is -1.44. The lowest BCUT2D eigenvalue weighted by Crippen LogP contribution is -2.46. The quantitative estimate of drug-likeness (QED) is 0.510. The monoisotopic (exact) mass is 343 g/mol. The summed E-state index contributed by atoms with van der Waals surface area (Å²) in [7, 11) is 0. The number of fused-ring (bicyclic) bond motifs is 1. The lowest BCUT2D eigenvalue weighted by molar-refractivity contribution is -0.136. The molecule has 2 amide bonds. The number of aryl methyl sites for hydroxylation is 1. The number of aliphatic hydroxyl groups is 1. The van der Waals surface area contributed by atoms with Gasteiger partial charge in [0.2, 0.25) is 0 Å². The van der Waals surface area contributed by atoms with E-state index in [9.17, 15) is 14.7 Å². The molecule has 2 aromatic rings. The Morgan fingerprint density at radius 3 is 2.56 bits per heavy atom. The van der Waals surface area contributed by atoms with Gasteiger partial charge < -0.3 is 20.7 Å². The Labute approximate surface area is 147 Å². The minimum atomic E-state index is -0.895. The van der Waals surface area contributed by atoms with E-state index in [1.54, 1.807) is 6.07 Å². The molecule has 3 rings (SSSR count). The number of anilines is 1. The molecular weight excluding hydrogens is 318 g/mol. The first-order chi connectivity index (χ1) is 12.0. The third-order valence-corrected chi connectivity index (χ3v) is 4.83. The highest BCUT2D eigenvalue weighted by Gasteiger charge is 2.29. The molecule has 0 aliphatic heterocycles. The Bertz CT molecular complexity index is 773. The van der Waals surface area contributed by atoms with Gasteiger partial charge in [0.05, 0.1) is 5.60 Å². The molecule has 0 saturated heterocycles. The summed E-state index contributed by atoms with van der Waals surface area (Å²) < 4.78 is 0. The SMILES string of the molecule is Cc1cc2cc(NC(=O)C(=O)NCC3(O)CCCCCC3)ccc2[nH]1. The van der Waals surface area contributed by atoms with Crippen LogP contribution in [0.2, 0.25) is 0 Å². The van der Waals surface area contributed by atoms with Gasteiger partial charge in [0.15, 0.2) is 0 Å². The highest BCUT2D eigenvalue weighted by Crippen LogP contribution is 2.26. The van der Waals surface area contributed by atoms with Gasteiger partial charge in [-0.1, -0.05) is 25.7 Å². The minimum Gasteiger partial charge on any atom is -0.388 e. The molecule has 1 heterocycles. The van der Waals surface area contributed by atoms with Crippen molar-refractivity contribution in [3.63, 3.8) is 0 Å². The second kappa shape index (κ2) is 7.27. The summed E-state index contributed by atoms with van der Waals surface area (Å²) in [5.41, 5.74) is 1.69. The van der Waals surface area contributed by atoms with E-state index in [2.05, 4.69) is 15.6 Å². The van der Waals surface area contributed by atoms with E-state index < -0.39 is 17.4 Å². The van der Waals surface area contributed by atoms with E-state index in [-0.39, 0.29) is 6.54 Å². The first-order valence-corrected chi connectivity index (χ1v) is 8.86. The summed E-state index contributed by atoms with van der Waals surface area (Å²) in [6, 6.07) is 7.42. The van der Waals surface area contributed by atoms with Crippen molar-refractivity contribution < 1.29 is 14.7 Å². The first-order valence-electron chi connectivity index (χ1n) is 8.86. The number of benzene rings is 1. The van der Waals surface area contributed by atoms with Crippen LogP contribution in [0.25, 0.3) is 10.9 Å². The zero-order valence-electron chi connectivity index (χ0n) is 14.5. The molecule has 1 aliphatic rings. The first kappa shape index (κ1) is 17.5. The maximum Gasteiger partial charge on any atom is 0.313 e. The average molecular weight is 343 g/mol. The molecule has 1 saturated carbocycles. The Morgan fingerprint density at radius 2 is 1.84 bits per heavy atom. The summed E-state index contributed by atoms with van der Waals surface area (Å²) in [6.45, 7) is 2.08. The van der Waals surface area contributed by atoms with Crippen LogP contribution in [0.1, 0.15) is 44.2 Å². The molecule has 0 bridgehead atoms. The van der Waals surface area contributed by atoms with Crippen molar-refractivity contribution in [2.75, 3.05) is 11.9 Å². The number of hydrogen-bond donors (Lipinski definition) is 4. The molecule has 6 heteroatoms. The maximum absolute atomic E-state index is 12.1. The van der Waals surface area contributed by atoms with Gasteiger partial charge >= 0.3 is 11.8 Å². The number of aromatic amines is 1. The van der Waals surface area contributed by atoms with Crippen LogP contribution in [0, 0.1) is 6.92 Å². The lowest BCUT2D eigenvalue weighted by atomic mass is 9.94. The molecule has 6 nitrogen and oxygen atoms in total. The predicted molar refractivity (Wildman–Crippen MR) is 97.3 cm³/mol. The fraction of sp³-hybridized carbons (Fsp3) is 0.474. The fourth-order valence-electron chi connectivity index (χ4n) is 3.43. The van der Waals surface area contributed by atoms with Crippen molar-refractivity contribution in [2.24, 2.45) is 0 Å². The van der Waals surface area contributed by atoms with Crippen LogP contribution in [0.3, 0.4) is 0 Å². The summed E-state index contributed by atoms with van der Waals surface area (Å²) in [4.78, 5) is 27.3. The largest absolute Gasteiger partial charge is 0.388 e. The molecule has 1 fully saturated rings. The minimum absolute atomic E-state index is 0.120. The van der Waals surface area contributed by atoms with Crippen LogP contribution in [-0.2, 0) is 9.59 Å². The van der Waals surface area contributed by atoms with E-state index >= 15 is 0 Å². The molecule has 1 aromatic carbocycles. The maximum atomic E-state index is 12.1. The summed E-state index contributed by atoms with van der Waals surface area (Å²) >= 11 is 0. The number of aromatic nitrogens is 1. The molecule has 25 heavy (non-hydrogen) atoms. The normalized spacial score (nSPS) is 17.0. The smallest absolute Gasteiger partial charge is 0.313 e. The Balaban J connectivity index is 1.57. The average Bonchev–Trinajstić information content (AvgIpc) is 2.80. The van der Waals surface area contributed by atoms with Gasteiger partial charge in [0.25, 0.3) is 0 Å². The second-order valence-corrected chi connectivity index (χ2v) is 7.03. The third-order valence-electron chi connectivity index (χ3n) is 4.83. The Kier molecular flexibility index (Phi) is 5.08. The van der Waals surface area contributed by atoms with Crippen LogP contribution < -0.4 is 10.6 Å². The number of rotatable bonds is 3. The molecule has 134 valence electrons. The zero-order chi connectivity index (χ0) is 17.9. The van der Waals surface area contributed by atoms with Gasteiger partial charge in [-0.25, -0.2) is 0 Å². The standard InChI is InChI=1S/C19H25N3O3/c1-13-10-14-11-15(6-7-16(14)21-13)22-18(24)17(23)20-12-19(25)8-4-2-3-5-9-19/h6-7,10-11,21,25H,2-5,8-9,12H2,1H3,(H,20,23)(H,22,24). The highest BCUT2D eigenvalue weighted by molar-refractivity contribution is 6.39. The van der Waals surface area contributed by atoms with Crippen molar-refractivity contribution >= 4 is 28.4 Å². The van der Waals surface area contributed by atoms with Crippen LogP contribution >= 0.6 is 0 Å². The van der Waals surface area contributed by atoms with Gasteiger partial charge in [-0.2, -0.15) is 0 Å². The van der Waals surface area contributed by atoms with Gasteiger partial charge in [0.1, 0.15) is 0 Å². The van der Waals surface area contributed by atoms with Crippen molar-refractivity contribution in [1.82, 2.24) is 10.3 Å². The van der Waals surface area contributed by atoms with E-state index in [1.807, 2.05) is 25.1 Å². The van der Waals surface area contributed by atoms with Crippen LogP contribution in [0.15, 0.2) is 24.3 Å². The molecule has 0 spiro atoms. The molecule has 0 unspecified atom stereocenters. The highest BCUT2D eigenvalue weighted by atomic mass is 16.3. The van der Waals surface area contributed by atoms with Crippen LogP contribution in [-0.4, -0.2) is 34.1 Å². The molecule has 1 aliphatic carbocycles. The molecule has 4 N–H and O–H groups in total. The number of amides is 2. The van der Waals surface area contributed by atoms with Gasteiger partial charge in [-0.05, 0) is 44.0 Å². The van der Waals surface area contributed by atoms with Gasteiger partial charge in [-0.3, -0.25) is 9.59 Å². The van der Waals surface area contributed by atoms with E-state index in [0.717, 1.165) is 42.3 Å². The fourth-order valence-corrected chi connectivity index (χ4v) is 3.43. The topological polar surface area (TPSA) is 94.2 Å². The number of carbonyl (C=O) groups excluding carboxylic acids is 2. The van der Waals surface area contributed by atoms with Gasteiger partial charge in [0, 0.05) is 28.8 Å². The number of carbonyl (C=O) groups is 2. The van der Waals surface area contributed by atoms with Crippen LogP contribution in [0.4, 0.5) is 5.69 Å². The second-order valence-electron chi connectivity index (χ2n) is 7.03. The van der Waals surface area contributed by atoms with Crippen molar-refractivity contribution in [3.05, 3.63) is 30.0 Å². The Morgan fingerprint density at radius 1 is 1.12 bits per heavy atom. The summed E-state index contributed by atoms with van der Waals surface area (Å²) in [6.07, 6.45) is 5.45.